The van der Waals surface area contributed by atoms with Crippen LogP contribution in [0.4, 0.5) is 13.6 Å². The SMILES string of the molecule is CC(N(C)C(=O)OC(C)(C)C)C1(CN)CCC(F)(F)CC1. The fourth-order valence-electron chi connectivity index (χ4n) is 2.81. The molecule has 1 saturated carbocycles. The second-order valence-corrected chi connectivity index (χ2v) is 7.19. The molecule has 1 fully saturated rings. The van der Waals surface area contributed by atoms with Crippen LogP contribution in [0.15, 0.2) is 0 Å². The lowest BCUT2D eigenvalue weighted by atomic mass is 9.68. The van der Waals surface area contributed by atoms with Gasteiger partial charge in [-0.05, 0) is 47.1 Å². The van der Waals surface area contributed by atoms with Gasteiger partial charge in [0.05, 0.1) is 0 Å². The predicted molar refractivity (Wildman–Crippen MR) is 78.4 cm³/mol. The lowest BCUT2D eigenvalue weighted by molar-refractivity contribution is -0.0818. The van der Waals surface area contributed by atoms with Crippen molar-refractivity contribution in [2.45, 2.75) is 70.9 Å². The number of nitrogens with two attached hydrogens (primary N) is 1. The maximum Gasteiger partial charge on any atom is 0.410 e. The number of halogens is 2. The van der Waals surface area contributed by atoms with Gasteiger partial charge in [0.2, 0.25) is 5.92 Å². The monoisotopic (exact) mass is 306 g/mol. The summed E-state index contributed by atoms with van der Waals surface area (Å²) in [5.74, 6) is -2.61. The van der Waals surface area contributed by atoms with E-state index in [4.69, 9.17) is 10.5 Å². The Morgan fingerprint density at radius 2 is 1.76 bits per heavy atom. The molecule has 1 amide bonds. The number of ether oxygens (including phenoxy) is 1. The molecule has 0 spiro atoms. The van der Waals surface area contributed by atoms with E-state index in [9.17, 15) is 13.6 Å². The van der Waals surface area contributed by atoms with Gasteiger partial charge in [0.1, 0.15) is 5.60 Å². The molecule has 0 aliphatic heterocycles. The third-order valence-corrected chi connectivity index (χ3v) is 4.53. The number of amides is 1. The van der Waals surface area contributed by atoms with Crippen LogP contribution < -0.4 is 5.73 Å². The van der Waals surface area contributed by atoms with Crippen LogP contribution >= 0.6 is 0 Å². The molecule has 2 N–H and O–H groups in total. The van der Waals surface area contributed by atoms with Gasteiger partial charge >= 0.3 is 6.09 Å². The molecule has 1 atom stereocenters. The summed E-state index contributed by atoms with van der Waals surface area (Å²) in [5, 5.41) is 0. The van der Waals surface area contributed by atoms with Crippen molar-refractivity contribution in [3.05, 3.63) is 0 Å². The Morgan fingerprint density at radius 1 is 1.29 bits per heavy atom. The average Bonchev–Trinajstić information content (AvgIpc) is 2.36. The van der Waals surface area contributed by atoms with E-state index >= 15 is 0 Å². The number of carbonyl (C=O) groups is 1. The zero-order valence-corrected chi connectivity index (χ0v) is 13.7. The Balaban J connectivity index is 2.79. The molecule has 0 bridgehead atoms. The van der Waals surface area contributed by atoms with Crippen LogP contribution in [0.25, 0.3) is 0 Å². The zero-order chi connectivity index (χ0) is 16.5. The minimum atomic E-state index is -2.61. The van der Waals surface area contributed by atoms with Crippen LogP contribution in [0.2, 0.25) is 0 Å². The molecule has 0 radical (unpaired) electrons. The Kier molecular flexibility index (Phi) is 5.24. The van der Waals surface area contributed by atoms with Crippen LogP contribution in [0.5, 0.6) is 0 Å². The van der Waals surface area contributed by atoms with E-state index in [1.54, 1.807) is 27.8 Å². The Hall–Kier alpha value is -0.910. The van der Waals surface area contributed by atoms with Gasteiger partial charge in [0, 0.05) is 31.3 Å². The van der Waals surface area contributed by atoms with Crippen molar-refractivity contribution in [1.82, 2.24) is 4.90 Å². The van der Waals surface area contributed by atoms with Crippen molar-refractivity contribution in [2.24, 2.45) is 11.1 Å². The topological polar surface area (TPSA) is 55.6 Å². The summed E-state index contributed by atoms with van der Waals surface area (Å²) in [6.45, 7) is 7.54. The van der Waals surface area contributed by atoms with Gasteiger partial charge < -0.3 is 15.4 Å². The molecule has 1 unspecified atom stereocenters. The van der Waals surface area contributed by atoms with Crippen molar-refractivity contribution in [3.8, 4) is 0 Å². The van der Waals surface area contributed by atoms with Gasteiger partial charge in [0.25, 0.3) is 0 Å². The first-order chi connectivity index (χ1) is 9.42. The van der Waals surface area contributed by atoms with Crippen LogP contribution in [-0.2, 0) is 4.74 Å². The molecule has 124 valence electrons. The molecular weight excluding hydrogens is 278 g/mol. The molecule has 0 aromatic carbocycles. The number of hydrogen-bond acceptors (Lipinski definition) is 3. The Morgan fingerprint density at radius 3 is 2.14 bits per heavy atom. The van der Waals surface area contributed by atoms with Gasteiger partial charge in [-0.1, -0.05) is 0 Å². The summed E-state index contributed by atoms with van der Waals surface area (Å²) in [6, 6.07) is -0.242. The van der Waals surface area contributed by atoms with Gasteiger partial charge in [-0.2, -0.15) is 0 Å². The maximum atomic E-state index is 13.4. The van der Waals surface area contributed by atoms with E-state index in [0.717, 1.165) is 0 Å². The van der Waals surface area contributed by atoms with E-state index < -0.39 is 23.0 Å². The standard InChI is InChI=1S/C15H28F2N2O2/c1-11(19(5)12(20)21-13(2,3)4)14(10-18)6-8-15(16,17)9-7-14/h11H,6-10,18H2,1-5H3. The fourth-order valence-corrected chi connectivity index (χ4v) is 2.81. The molecule has 6 heteroatoms. The Labute approximate surface area is 126 Å². The van der Waals surface area contributed by atoms with Gasteiger partial charge in [-0.25, -0.2) is 13.6 Å². The van der Waals surface area contributed by atoms with Crippen molar-refractivity contribution < 1.29 is 18.3 Å². The van der Waals surface area contributed by atoms with Gasteiger partial charge in [0.15, 0.2) is 0 Å². The maximum absolute atomic E-state index is 13.4. The fraction of sp³-hybridized carbons (Fsp3) is 0.933. The number of alkyl halides is 2. The highest BCUT2D eigenvalue weighted by atomic mass is 19.3. The minimum Gasteiger partial charge on any atom is -0.444 e. The average molecular weight is 306 g/mol. The minimum absolute atomic E-state index is 0.170. The highest BCUT2D eigenvalue weighted by Crippen LogP contribution is 2.46. The van der Waals surface area contributed by atoms with E-state index in [2.05, 4.69) is 0 Å². The van der Waals surface area contributed by atoms with Crippen molar-refractivity contribution >= 4 is 6.09 Å². The summed E-state index contributed by atoms with van der Waals surface area (Å²) in [4.78, 5) is 13.6. The first-order valence-electron chi connectivity index (χ1n) is 7.46. The Bertz CT molecular complexity index is 370. The lowest BCUT2D eigenvalue weighted by Crippen LogP contribution is -2.54. The van der Waals surface area contributed by atoms with E-state index in [1.165, 1.54) is 4.90 Å². The third-order valence-electron chi connectivity index (χ3n) is 4.53. The van der Waals surface area contributed by atoms with Crippen molar-refractivity contribution in [3.63, 3.8) is 0 Å². The van der Waals surface area contributed by atoms with Crippen molar-refractivity contribution in [2.75, 3.05) is 13.6 Å². The van der Waals surface area contributed by atoms with Crippen molar-refractivity contribution in [1.29, 1.82) is 0 Å². The van der Waals surface area contributed by atoms with Crippen LogP contribution in [0.1, 0.15) is 53.4 Å². The van der Waals surface area contributed by atoms with E-state index in [-0.39, 0.29) is 25.4 Å². The molecule has 0 aromatic heterocycles. The summed E-state index contributed by atoms with van der Waals surface area (Å²) >= 11 is 0. The summed E-state index contributed by atoms with van der Waals surface area (Å²) in [5.41, 5.74) is 4.82. The number of nitrogens with zero attached hydrogens (tertiary/aromatic N) is 1. The highest BCUT2D eigenvalue weighted by molar-refractivity contribution is 5.68. The molecule has 0 aromatic rings. The number of hydrogen-bond donors (Lipinski definition) is 1. The summed E-state index contributed by atoms with van der Waals surface area (Å²) in [6.07, 6.45) is -0.136. The third kappa shape index (κ3) is 4.53. The van der Waals surface area contributed by atoms with Crippen LogP contribution in [-0.4, -0.2) is 42.2 Å². The molecule has 4 nitrogen and oxygen atoms in total. The molecular formula is C15H28F2N2O2. The number of rotatable bonds is 3. The molecule has 1 aliphatic carbocycles. The molecule has 1 aliphatic rings. The molecule has 1 rings (SSSR count). The zero-order valence-electron chi connectivity index (χ0n) is 13.7. The molecule has 0 saturated heterocycles. The lowest BCUT2D eigenvalue weighted by Gasteiger charge is -2.46. The summed E-state index contributed by atoms with van der Waals surface area (Å²) < 4.78 is 32.1. The van der Waals surface area contributed by atoms with Gasteiger partial charge in [-0.15, -0.1) is 0 Å². The predicted octanol–water partition coefficient (Wildman–Crippen LogP) is 3.40. The van der Waals surface area contributed by atoms with E-state index in [0.29, 0.717) is 12.8 Å². The second kappa shape index (κ2) is 6.07. The second-order valence-electron chi connectivity index (χ2n) is 7.19. The smallest absolute Gasteiger partial charge is 0.410 e. The van der Waals surface area contributed by atoms with Crippen LogP contribution in [0.3, 0.4) is 0 Å². The quantitative estimate of drug-likeness (QED) is 0.869. The largest absolute Gasteiger partial charge is 0.444 e. The number of carbonyl (C=O) groups excluding carboxylic acids is 1. The first kappa shape index (κ1) is 18.1. The van der Waals surface area contributed by atoms with Crippen LogP contribution in [0, 0.1) is 5.41 Å². The van der Waals surface area contributed by atoms with E-state index in [1.807, 2.05) is 6.92 Å². The first-order valence-corrected chi connectivity index (χ1v) is 7.46. The molecule has 0 heterocycles. The molecule has 21 heavy (non-hydrogen) atoms. The highest BCUT2D eigenvalue weighted by Gasteiger charge is 2.47. The van der Waals surface area contributed by atoms with Gasteiger partial charge in [-0.3, -0.25) is 0 Å². The summed E-state index contributed by atoms with van der Waals surface area (Å²) in [7, 11) is 1.64. The normalized spacial score (nSPS) is 22.5.